The van der Waals surface area contributed by atoms with Crippen LogP contribution in [-0.2, 0) is 9.53 Å². The Labute approximate surface area is 79.0 Å². The van der Waals surface area contributed by atoms with Crippen LogP contribution in [-0.4, -0.2) is 43.2 Å². The van der Waals surface area contributed by atoms with E-state index in [1.807, 2.05) is 6.92 Å². The van der Waals surface area contributed by atoms with E-state index in [1.165, 1.54) is 12.8 Å². The van der Waals surface area contributed by atoms with Crippen LogP contribution in [0.25, 0.3) is 0 Å². The predicted molar refractivity (Wildman–Crippen MR) is 50.3 cm³/mol. The first-order valence-corrected chi connectivity index (χ1v) is 4.87. The first kappa shape index (κ1) is 10.5. The van der Waals surface area contributed by atoms with Crippen LogP contribution >= 0.6 is 0 Å². The SMILES string of the molecule is CCOC(=O)CN(CCN)C1CC1. The number of nitrogens with two attached hydrogens (primary N) is 1. The zero-order valence-corrected chi connectivity index (χ0v) is 8.16. The summed E-state index contributed by atoms with van der Waals surface area (Å²) in [5.41, 5.74) is 5.45. The van der Waals surface area contributed by atoms with E-state index in [-0.39, 0.29) is 5.97 Å². The van der Waals surface area contributed by atoms with Crippen molar-refractivity contribution in [2.24, 2.45) is 5.73 Å². The molecular formula is C9H18N2O2. The van der Waals surface area contributed by atoms with Crippen molar-refractivity contribution >= 4 is 5.97 Å². The van der Waals surface area contributed by atoms with Gasteiger partial charge in [0.05, 0.1) is 13.2 Å². The highest BCUT2D eigenvalue weighted by atomic mass is 16.5. The maximum absolute atomic E-state index is 11.2. The zero-order chi connectivity index (χ0) is 9.68. The van der Waals surface area contributed by atoms with Crippen LogP contribution < -0.4 is 5.73 Å². The molecule has 4 heteroatoms. The number of rotatable bonds is 6. The smallest absolute Gasteiger partial charge is 0.320 e. The average Bonchev–Trinajstić information content (AvgIpc) is 2.86. The molecule has 0 aromatic rings. The Bertz CT molecular complexity index is 169. The minimum Gasteiger partial charge on any atom is -0.465 e. The third kappa shape index (κ3) is 3.74. The Hall–Kier alpha value is -0.610. The second-order valence-corrected chi connectivity index (χ2v) is 3.30. The topological polar surface area (TPSA) is 55.6 Å². The summed E-state index contributed by atoms with van der Waals surface area (Å²) in [4.78, 5) is 13.3. The molecule has 0 aromatic carbocycles. The molecule has 0 aromatic heterocycles. The molecule has 0 radical (unpaired) electrons. The van der Waals surface area contributed by atoms with Gasteiger partial charge in [-0.1, -0.05) is 0 Å². The van der Waals surface area contributed by atoms with E-state index >= 15 is 0 Å². The Morgan fingerprint density at radius 1 is 1.62 bits per heavy atom. The van der Waals surface area contributed by atoms with Gasteiger partial charge in [-0.15, -0.1) is 0 Å². The zero-order valence-electron chi connectivity index (χ0n) is 8.16. The molecule has 76 valence electrons. The lowest BCUT2D eigenvalue weighted by molar-refractivity contribution is -0.144. The Balaban J connectivity index is 2.24. The summed E-state index contributed by atoms with van der Waals surface area (Å²) in [6, 6.07) is 0.577. The van der Waals surface area contributed by atoms with Gasteiger partial charge >= 0.3 is 5.97 Å². The van der Waals surface area contributed by atoms with E-state index in [4.69, 9.17) is 10.5 Å². The lowest BCUT2D eigenvalue weighted by Gasteiger charge is -2.19. The number of hydrogen-bond donors (Lipinski definition) is 1. The minimum atomic E-state index is -0.136. The summed E-state index contributed by atoms with van der Waals surface area (Å²) < 4.78 is 4.88. The average molecular weight is 186 g/mol. The van der Waals surface area contributed by atoms with Crippen LogP contribution in [0.2, 0.25) is 0 Å². The molecule has 13 heavy (non-hydrogen) atoms. The number of nitrogens with zero attached hydrogens (tertiary/aromatic N) is 1. The standard InChI is InChI=1S/C9H18N2O2/c1-2-13-9(12)7-11(6-5-10)8-3-4-8/h8H,2-7,10H2,1H3. The first-order valence-electron chi connectivity index (χ1n) is 4.87. The van der Waals surface area contributed by atoms with Crippen molar-refractivity contribution in [1.82, 2.24) is 4.90 Å². The molecule has 0 spiro atoms. The maximum atomic E-state index is 11.2. The molecule has 4 nitrogen and oxygen atoms in total. The van der Waals surface area contributed by atoms with Gasteiger partial charge in [0.15, 0.2) is 0 Å². The minimum absolute atomic E-state index is 0.136. The fourth-order valence-electron chi connectivity index (χ4n) is 1.37. The highest BCUT2D eigenvalue weighted by molar-refractivity contribution is 5.71. The lowest BCUT2D eigenvalue weighted by atomic mass is 10.4. The second kappa shape index (κ2) is 5.19. The van der Waals surface area contributed by atoms with Crippen molar-refractivity contribution in [3.63, 3.8) is 0 Å². The fraction of sp³-hybridized carbons (Fsp3) is 0.889. The van der Waals surface area contributed by atoms with Gasteiger partial charge in [0.2, 0.25) is 0 Å². The number of esters is 1. The van der Waals surface area contributed by atoms with E-state index in [2.05, 4.69) is 4.90 Å². The first-order chi connectivity index (χ1) is 6.27. The van der Waals surface area contributed by atoms with Gasteiger partial charge in [0.1, 0.15) is 0 Å². The molecule has 0 bridgehead atoms. The van der Waals surface area contributed by atoms with Crippen molar-refractivity contribution in [1.29, 1.82) is 0 Å². The molecule has 0 unspecified atom stereocenters. The van der Waals surface area contributed by atoms with Crippen molar-refractivity contribution in [2.75, 3.05) is 26.2 Å². The highest BCUT2D eigenvalue weighted by Gasteiger charge is 2.29. The monoisotopic (exact) mass is 186 g/mol. The number of carbonyl (C=O) groups excluding carboxylic acids is 1. The van der Waals surface area contributed by atoms with E-state index < -0.39 is 0 Å². The Morgan fingerprint density at radius 3 is 2.77 bits per heavy atom. The van der Waals surface area contributed by atoms with Crippen LogP contribution in [0.4, 0.5) is 0 Å². The molecule has 0 atom stereocenters. The lowest BCUT2D eigenvalue weighted by Crippen LogP contribution is -2.36. The number of ether oxygens (including phenoxy) is 1. The van der Waals surface area contributed by atoms with Gasteiger partial charge in [-0.05, 0) is 19.8 Å². The van der Waals surface area contributed by atoms with E-state index in [9.17, 15) is 4.79 Å². The van der Waals surface area contributed by atoms with Crippen molar-refractivity contribution in [2.45, 2.75) is 25.8 Å². The van der Waals surface area contributed by atoms with Gasteiger partial charge < -0.3 is 10.5 Å². The van der Waals surface area contributed by atoms with E-state index in [0.29, 0.717) is 25.7 Å². The van der Waals surface area contributed by atoms with Gasteiger partial charge in [-0.25, -0.2) is 0 Å². The van der Waals surface area contributed by atoms with Crippen LogP contribution in [0.3, 0.4) is 0 Å². The Kier molecular flexibility index (Phi) is 4.18. The fourth-order valence-corrected chi connectivity index (χ4v) is 1.37. The molecular weight excluding hydrogens is 168 g/mol. The second-order valence-electron chi connectivity index (χ2n) is 3.30. The highest BCUT2D eigenvalue weighted by Crippen LogP contribution is 2.25. The van der Waals surface area contributed by atoms with Crippen molar-refractivity contribution in [3.05, 3.63) is 0 Å². The van der Waals surface area contributed by atoms with Crippen LogP contribution in [0.5, 0.6) is 0 Å². The molecule has 0 aliphatic heterocycles. The summed E-state index contributed by atoms with van der Waals surface area (Å²) in [7, 11) is 0. The van der Waals surface area contributed by atoms with E-state index in [0.717, 1.165) is 6.54 Å². The molecule has 2 N–H and O–H groups in total. The molecule has 1 rings (SSSR count). The molecule has 1 aliphatic rings. The summed E-state index contributed by atoms with van der Waals surface area (Å²) in [5.74, 6) is -0.136. The largest absolute Gasteiger partial charge is 0.465 e. The van der Waals surface area contributed by atoms with E-state index in [1.54, 1.807) is 0 Å². The van der Waals surface area contributed by atoms with Crippen LogP contribution in [0.1, 0.15) is 19.8 Å². The quantitative estimate of drug-likeness (QED) is 0.592. The molecule has 1 saturated carbocycles. The summed E-state index contributed by atoms with van der Waals surface area (Å²) in [6.45, 7) is 4.08. The van der Waals surface area contributed by atoms with Crippen LogP contribution in [0, 0.1) is 0 Å². The third-order valence-electron chi connectivity index (χ3n) is 2.12. The Morgan fingerprint density at radius 2 is 2.31 bits per heavy atom. The van der Waals surface area contributed by atoms with Crippen LogP contribution in [0.15, 0.2) is 0 Å². The number of hydrogen-bond acceptors (Lipinski definition) is 4. The predicted octanol–water partition coefficient (Wildman–Crippen LogP) is -0.0274. The normalized spacial score (nSPS) is 16.2. The molecule has 0 amide bonds. The van der Waals surface area contributed by atoms with Gasteiger partial charge in [-0.2, -0.15) is 0 Å². The molecule has 0 heterocycles. The third-order valence-corrected chi connectivity index (χ3v) is 2.12. The summed E-state index contributed by atoms with van der Waals surface area (Å²) in [5, 5.41) is 0. The molecule has 1 fully saturated rings. The summed E-state index contributed by atoms with van der Waals surface area (Å²) in [6.07, 6.45) is 2.39. The molecule has 0 saturated heterocycles. The van der Waals surface area contributed by atoms with Gasteiger partial charge in [-0.3, -0.25) is 9.69 Å². The maximum Gasteiger partial charge on any atom is 0.320 e. The number of carbonyl (C=O) groups is 1. The molecule has 1 aliphatic carbocycles. The van der Waals surface area contributed by atoms with Gasteiger partial charge in [0.25, 0.3) is 0 Å². The van der Waals surface area contributed by atoms with Crippen molar-refractivity contribution in [3.8, 4) is 0 Å². The van der Waals surface area contributed by atoms with Gasteiger partial charge in [0, 0.05) is 19.1 Å². The summed E-state index contributed by atoms with van der Waals surface area (Å²) >= 11 is 0. The van der Waals surface area contributed by atoms with Crippen molar-refractivity contribution < 1.29 is 9.53 Å².